The van der Waals surface area contributed by atoms with Crippen molar-refractivity contribution in [2.45, 2.75) is 57.9 Å². The summed E-state index contributed by atoms with van der Waals surface area (Å²) in [5.74, 6) is 0.717. The normalized spacial score (nSPS) is 20.2. The molecule has 0 saturated heterocycles. The zero-order valence-corrected chi connectivity index (χ0v) is 13.6. The summed E-state index contributed by atoms with van der Waals surface area (Å²) < 4.78 is 0. The molecule has 0 aromatic rings. The molecule has 19 heavy (non-hydrogen) atoms. The van der Waals surface area contributed by atoms with Gasteiger partial charge < -0.3 is 10.6 Å². The van der Waals surface area contributed by atoms with Crippen LogP contribution in [0.1, 0.15) is 52.4 Å². The Bertz CT molecular complexity index is 230. The summed E-state index contributed by atoms with van der Waals surface area (Å²) in [6.07, 6.45) is 8.09. The second-order valence-corrected chi connectivity index (χ2v) is 6.99. The van der Waals surface area contributed by atoms with Crippen LogP contribution in [0.3, 0.4) is 0 Å². The Labute approximate surface area is 120 Å². The van der Waals surface area contributed by atoms with Gasteiger partial charge in [-0.2, -0.15) is 0 Å². The number of hydrogen-bond donors (Lipinski definition) is 1. The molecule has 3 nitrogen and oxygen atoms in total. The summed E-state index contributed by atoms with van der Waals surface area (Å²) in [6.45, 7) is 8.95. The second kappa shape index (κ2) is 8.23. The summed E-state index contributed by atoms with van der Waals surface area (Å²) in [6, 6.07) is 0. The Kier molecular flexibility index (Phi) is 7.33. The van der Waals surface area contributed by atoms with Crippen molar-refractivity contribution in [1.82, 2.24) is 9.80 Å². The van der Waals surface area contributed by atoms with Crippen molar-refractivity contribution in [2.75, 3.05) is 40.3 Å². The molecular formula is C16H35N3. The van der Waals surface area contributed by atoms with E-state index in [9.17, 15) is 0 Å². The third kappa shape index (κ3) is 5.41. The topological polar surface area (TPSA) is 32.5 Å². The molecule has 3 heteroatoms. The van der Waals surface area contributed by atoms with Crippen LogP contribution >= 0.6 is 0 Å². The first-order valence-corrected chi connectivity index (χ1v) is 8.10. The van der Waals surface area contributed by atoms with Crippen LogP contribution in [0.5, 0.6) is 0 Å². The van der Waals surface area contributed by atoms with Crippen LogP contribution in [0.25, 0.3) is 0 Å². The fourth-order valence-electron chi connectivity index (χ4n) is 3.32. The van der Waals surface area contributed by atoms with Gasteiger partial charge in [0.2, 0.25) is 0 Å². The van der Waals surface area contributed by atoms with Gasteiger partial charge in [-0.15, -0.1) is 0 Å². The summed E-state index contributed by atoms with van der Waals surface area (Å²) in [4.78, 5) is 5.00. The molecule has 0 atom stereocenters. The van der Waals surface area contributed by atoms with E-state index in [1.54, 1.807) is 0 Å². The minimum Gasteiger partial charge on any atom is -0.329 e. The first-order valence-electron chi connectivity index (χ1n) is 8.10. The maximum atomic E-state index is 6.24. The van der Waals surface area contributed by atoms with Crippen LogP contribution in [0.2, 0.25) is 0 Å². The highest BCUT2D eigenvalue weighted by Crippen LogP contribution is 2.32. The van der Waals surface area contributed by atoms with E-state index in [-0.39, 0.29) is 5.54 Å². The molecule has 0 spiro atoms. The lowest BCUT2D eigenvalue weighted by molar-refractivity contribution is 0.0594. The Morgan fingerprint density at radius 2 is 1.58 bits per heavy atom. The molecule has 1 fully saturated rings. The van der Waals surface area contributed by atoms with E-state index in [2.05, 4.69) is 37.7 Å². The molecular weight excluding hydrogens is 234 g/mol. The van der Waals surface area contributed by atoms with E-state index in [0.29, 0.717) is 5.92 Å². The lowest BCUT2D eigenvalue weighted by atomic mass is 9.87. The van der Waals surface area contributed by atoms with E-state index < -0.39 is 0 Å². The average molecular weight is 269 g/mol. The maximum absolute atomic E-state index is 6.24. The molecule has 0 heterocycles. The quantitative estimate of drug-likeness (QED) is 0.721. The molecule has 0 bridgehead atoms. The molecule has 1 aliphatic rings. The summed E-state index contributed by atoms with van der Waals surface area (Å²) in [7, 11) is 4.32. The lowest BCUT2D eigenvalue weighted by Gasteiger charge is -2.44. The minimum absolute atomic E-state index is 0.275. The Morgan fingerprint density at radius 3 is 2.00 bits per heavy atom. The molecule has 114 valence electrons. The van der Waals surface area contributed by atoms with Gasteiger partial charge in [-0.3, -0.25) is 4.90 Å². The first-order chi connectivity index (χ1) is 9.00. The van der Waals surface area contributed by atoms with Gasteiger partial charge in [0.15, 0.2) is 0 Å². The number of nitrogens with zero attached hydrogens (tertiary/aromatic N) is 2. The van der Waals surface area contributed by atoms with Gasteiger partial charge in [0.25, 0.3) is 0 Å². The molecule has 0 amide bonds. The van der Waals surface area contributed by atoms with Crippen LogP contribution in [-0.2, 0) is 0 Å². The fourth-order valence-corrected chi connectivity index (χ4v) is 3.32. The molecule has 1 aliphatic carbocycles. The molecule has 0 aromatic carbocycles. The van der Waals surface area contributed by atoms with Crippen LogP contribution < -0.4 is 5.73 Å². The molecule has 0 unspecified atom stereocenters. The largest absolute Gasteiger partial charge is 0.329 e. The summed E-state index contributed by atoms with van der Waals surface area (Å²) in [5.41, 5.74) is 6.51. The van der Waals surface area contributed by atoms with Gasteiger partial charge in [-0.05, 0) is 32.9 Å². The van der Waals surface area contributed by atoms with Gasteiger partial charge in [0.05, 0.1) is 0 Å². The van der Waals surface area contributed by atoms with Gasteiger partial charge in [-0.1, -0.05) is 39.5 Å². The molecule has 1 saturated carbocycles. The summed E-state index contributed by atoms with van der Waals surface area (Å²) >= 11 is 0. The monoisotopic (exact) mass is 269 g/mol. The van der Waals surface area contributed by atoms with E-state index in [0.717, 1.165) is 19.6 Å². The highest BCUT2D eigenvalue weighted by atomic mass is 15.2. The van der Waals surface area contributed by atoms with Crippen molar-refractivity contribution < 1.29 is 0 Å². The molecule has 0 aliphatic heterocycles. The maximum Gasteiger partial charge on any atom is 0.0332 e. The fraction of sp³-hybridized carbons (Fsp3) is 1.00. The Morgan fingerprint density at radius 1 is 1.00 bits per heavy atom. The third-order valence-electron chi connectivity index (χ3n) is 4.49. The van der Waals surface area contributed by atoms with Crippen LogP contribution in [-0.4, -0.2) is 55.6 Å². The second-order valence-electron chi connectivity index (χ2n) is 6.99. The predicted molar refractivity (Wildman–Crippen MR) is 84.5 cm³/mol. The van der Waals surface area contributed by atoms with E-state index in [1.807, 2.05) is 0 Å². The third-order valence-corrected chi connectivity index (χ3v) is 4.49. The van der Waals surface area contributed by atoms with Gasteiger partial charge in [0.1, 0.15) is 0 Å². The zero-order chi connectivity index (χ0) is 14.3. The molecule has 0 radical (unpaired) electrons. The van der Waals surface area contributed by atoms with Gasteiger partial charge in [0, 0.05) is 31.7 Å². The van der Waals surface area contributed by atoms with E-state index in [1.165, 1.54) is 45.1 Å². The highest BCUT2D eigenvalue weighted by molar-refractivity contribution is 4.93. The molecule has 1 rings (SSSR count). The van der Waals surface area contributed by atoms with E-state index >= 15 is 0 Å². The van der Waals surface area contributed by atoms with Gasteiger partial charge in [-0.25, -0.2) is 0 Å². The number of likely N-dealkylation sites (N-methyl/N-ethyl adjacent to an activating group) is 1. The Balaban J connectivity index is 2.76. The first kappa shape index (κ1) is 16.9. The van der Waals surface area contributed by atoms with Crippen molar-refractivity contribution in [1.29, 1.82) is 0 Å². The highest BCUT2D eigenvalue weighted by Gasteiger charge is 2.35. The van der Waals surface area contributed by atoms with Gasteiger partial charge >= 0.3 is 0 Å². The predicted octanol–water partition coefficient (Wildman–Crippen LogP) is 2.56. The van der Waals surface area contributed by atoms with Crippen molar-refractivity contribution in [3.63, 3.8) is 0 Å². The lowest BCUT2D eigenvalue weighted by Crippen LogP contribution is -2.56. The smallest absolute Gasteiger partial charge is 0.0332 e. The minimum atomic E-state index is 0.275. The van der Waals surface area contributed by atoms with Crippen molar-refractivity contribution in [3.8, 4) is 0 Å². The van der Waals surface area contributed by atoms with E-state index in [4.69, 9.17) is 5.73 Å². The van der Waals surface area contributed by atoms with Crippen molar-refractivity contribution in [3.05, 3.63) is 0 Å². The van der Waals surface area contributed by atoms with Crippen LogP contribution in [0, 0.1) is 5.92 Å². The molecule has 2 N–H and O–H groups in total. The standard InChI is InChI=1S/C16H35N3/c1-15(2)13-19(12-11-18(3)4)16(14-17)9-7-5-6-8-10-16/h15H,5-14,17H2,1-4H3. The number of rotatable bonds is 7. The zero-order valence-electron chi connectivity index (χ0n) is 13.6. The SMILES string of the molecule is CC(C)CN(CCN(C)C)C1(CN)CCCCCC1. The van der Waals surface area contributed by atoms with Crippen LogP contribution in [0.4, 0.5) is 0 Å². The molecule has 0 aromatic heterocycles. The number of hydrogen-bond acceptors (Lipinski definition) is 3. The van der Waals surface area contributed by atoms with Crippen molar-refractivity contribution >= 4 is 0 Å². The number of nitrogens with two attached hydrogens (primary N) is 1. The summed E-state index contributed by atoms with van der Waals surface area (Å²) in [5, 5.41) is 0. The van der Waals surface area contributed by atoms with Crippen molar-refractivity contribution in [2.24, 2.45) is 11.7 Å². The Hall–Kier alpha value is -0.120. The average Bonchev–Trinajstić information content (AvgIpc) is 2.60. The van der Waals surface area contributed by atoms with Crippen LogP contribution in [0.15, 0.2) is 0 Å².